The summed E-state index contributed by atoms with van der Waals surface area (Å²) in [6.07, 6.45) is 4.01. The van der Waals surface area contributed by atoms with E-state index in [9.17, 15) is 4.39 Å². The molecule has 6 heteroatoms. The number of aromatic nitrogens is 3. The second-order valence-corrected chi connectivity index (χ2v) is 6.04. The first-order valence-electron chi connectivity index (χ1n) is 8.71. The van der Waals surface area contributed by atoms with Crippen molar-refractivity contribution < 1.29 is 4.39 Å². The van der Waals surface area contributed by atoms with E-state index < -0.39 is 0 Å². The summed E-state index contributed by atoms with van der Waals surface area (Å²) in [5.74, 6) is 0.967. The van der Waals surface area contributed by atoms with Crippen LogP contribution in [0.5, 0.6) is 0 Å². The van der Waals surface area contributed by atoms with Gasteiger partial charge in [-0.15, -0.1) is 0 Å². The van der Waals surface area contributed by atoms with Crippen molar-refractivity contribution in [2.75, 3.05) is 17.2 Å². The van der Waals surface area contributed by atoms with Gasteiger partial charge in [0.05, 0.1) is 11.2 Å². The van der Waals surface area contributed by atoms with Crippen molar-refractivity contribution in [2.24, 2.45) is 0 Å². The molecule has 0 atom stereocenters. The molecule has 5 nitrogen and oxygen atoms in total. The molecule has 0 spiro atoms. The Morgan fingerprint density at radius 1 is 0.852 bits per heavy atom. The number of nitrogens with zero attached hydrogens (tertiary/aromatic N) is 3. The fourth-order valence-corrected chi connectivity index (χ4v) is 2.87. The summed E-state index contributed by atoms with van der Waals surface area (Å²) in [5, 5.41) is 7.47. The first-order chi connectivity index (χ1) is 13.3. The lowest BCUT2D eigenvalue weighted by molar-refractivity contribution is 0.610. The summed E-state index contributed by atoms with van der Waals surface area (Å²) in [6, 6.07) is 18.4. The largest absolute Gasteiger partial charge is 0.370 e. The molecule has 0 saturated heterocycles. The molecular weight excluding hydrogens is 341 g/mol. The quantitative estimate of drug-likeness (QED) is 0.528. The number of halogens is 1. The van der Waals surface area contributed by atoms with E-state index in [0.717, 1.165) is 16.6 Å². The standard InChI is InChI=1S/C21H18FN5/c22-17-8-2-1-5-15(17)10-13-23-19-11-14-25-21(27-19)26-18-9-3-6-16-7-4-12-24-20(16)18/h1-9,11-12,14H,10,13H2,(H2,23,25,26,27). The zero-order chi connectivity index (χ0) is 18.5. The van der Waals surface area contributed by atoms with E-state index >= 15 is 0 Å². The van der Waals surface area contributed by atoms with E-state index in [0.29, 0.717) is 30.3 Å². The van der Waals surface area contributed by atoms with Gasteiger partial charge in [0.15, 0.2) is 0 Å². The van der Waals surface area contributed by atoms with Gasteiger partial charge in [-0.2, -0.15) is 4.98 Å². The van der Waals surface area contributed by atoms with Gasteiger partial charge >= 0.3 is 0 Å². The van der Waals surface area contributed by atoms with Crippen LogP contribution in [0.25, 0.3) is 10.9 Å². The molecule has 2 N–H and O–H groups in total. The monoisotopic (exact) mass is 359 g/mol. The molecule has 0 radical (unpaired) electrons. The van der Waals surface area contributed by atoms with E-state index in [1.54, 1.807) is 30.6 Å². The number of nitrogens with one attached hydrogen (secondary N) is 2. The molecule has 0 bridgehead atoms. The molecule has 0 saturated carbocycles. The molecule has 4 aromatic rings. The molecule has 134 valence electrons. The molecule has 0 aliphatic heterocycles. The Kier molecular flexibility index (Phi) is 4.87. The van der Waals surface area contributed by atoms with Crippen molar-refractivity contribution in [1.82, 2.24) is 15.0 Å². The zero-order valence-corrected chi connectivity index (χ0v) is 14.6. The fourth-order valence-electron chi connectivity index (χ4n) is 2.87. The summed E-state index contributed by atoms with van der Waals surface area (Å²) in [6.45, 7) is 0.577. The van der Waals surface area contributed by atoms with Crippen molar-refractivity contribution in [3.05, 3.63) is 84.4 Å². The van der Waals surface area contributed by atoms with Crippen molar-refractivity contribution >= 4 is 28.4 Å². The smallest absolute Gasteiger partial charge is 0.229 e. The van der Waals surface area contributed by atoms with E-state index in [4.69, 9.17) is 0 Å². The molecule has 0 amide bonds. The Bertz CT molecular complexity index is 1060. The van der Waals surface area contributed by atoms with Gasteiger partial charge in [-0.3, -0.25) is 4.98 Å². The number of fused-ring (bicyclic) bond motifs is 1. The number of para-hydroxylation sites is 1. The molecule has 0 aliphatic carbocycles. The van der Waals surface area contributed by atoms with E-state index in [1.165, 1.54) is 6.07 Å². The summed E-state index contributed by atoms with van der Waals surface area (Å²) in [5.41, 5.74) is 2.39. The van der Waals surface area contributed by atoms with Crippen LogP contribution in [-0.4, -0.2) is 21.5 Å². The predicted molar refractivity (Wildman–Crippen MR) is 106 cm³/mol. The van der Waals surface area contributed by atoms with E-state index in [-0.39, 0.29) is 5.82 Å². The molecule has 0 unspecified atom stereocenters. The van der Waals surface area contributed by atoms with Crippen LogP contribution in [0.1, 0.15) is 5.56 Å². The van der Waals surface area contributed by atoms with Gasteiger partial charge in [-0.25, -0.2) is 9.37 Å². The van der Waals surface area contributed by atoms with Gasteiger partial charge < -0.3 is 10.6 Å². The van der Waals surface area contributed by atoms with Crippen molar-refractivity contribution in [1.29, 1.82) is 0 Å². The molecule has 2 aromatic heterocycles. The van der Waals surface area contributed by atoms with Crippen LogP contribution in [0, 0.1) is 5.82 Å². The third kappa shape index (κ3) is 4.00. The van der Waals surface area contributed by atoms with Crippen LogP contribution in [0.15, 0.2) is 73.1 Å². The highest BCUT2D eigenvalue weighted by Gasteiger charge is 2.05. The maximum Gasteiger partial charge on any atom is 0.229 e. The Labute approximate surface area is 156 Å². The maximum atomic E-state index is 13.7. The van der Waals surface area contributed by atoms with Crippen molar-refractivity contribution in [2.45, 2.75) is 6.42 Å². The molecule has 2 aromatic carbocycles. The average Bonchev–Trinajstić information content (AvgIpc) is 2.70. The number of anilines is 3. The Morgan fingerprint density at radius 2 is 1.74 bits per heavy atom. The van der Waals surface area contributed by atoms with Gasteiger partial charge in [0.1, 0.15) is 11.6 Å². The summed E-state index contributed by atoms with van der Waals surface area (Å²) in [4.78, 5) is 13.2. The number of benzene rings is 2. The second-order valence-electron chi connectivity index (χ2n) is 6.04. The highest BCUT2D eigenvalue weighted by molar-refractivity contribution is 5.91. The molecular formula is C21H18FN5. The van der Waals surface area contributed by atoms with Crippen LogP contribution >= 0.6 is 0 Å². The SMILES string of the molecule is Fc1ccccc1CCNc1ccnc(Nc2cccc3cccnc23)n1. The summed E-state index contributed by atoms with van der Waals surface area (Å²) < 4.78 is 13.7. The Balaban J connectivity index is 1.45. The lowest BCUT2D eigenvalue weighted by Gasteiger charge is -2.10. The second kappa shape index (κ2) is 7.78. The average molecular weight is 359 g/mol. The third-order valence-corrected chi connectivity index (χ3v) is 4.19. The summed E-state index contributed by atoms with van der Waals surface area (Å²) >= 11 is 0. The van der Waals surface area contributed by atoms with Gasteiger partial charge in [0.2, 0.25) is 5.95 Å². The maximum absolute atomic E-state index is 13.7. The number of rotatable bonds is 6. The minimum Gasteiger partial charge on any atom is -0.370 e. The van der Waals surface area contributed by atoms with Gasteiger partial charge in [-0.05, 0) is 36.2 Å². The minimum absolute atomic E-state index is 0.187. The lowest BCUT2D eigenvalue weighted by atomic mass is 10.1. The zero-order valence-electron chi connectivity index (χ0n) is 14.6. The van der Waals surface area contributed by atoms with Crippen molar-refractivity contribution in [3.63, 3.8) is 0 Å². The third-order valence-electron chi connectivity index (χ3n) is 4.19. The first kappa shape index (κ1) is 16.9. The Hall–Kier alpha value is -3.54. The minimum atomic E-state index is -0.187. The predicted octanol–water partition coefficient (Wildman–Crippen LogP) is 4.56. The number of hydrogen-bond donors (Lipinski definition) is 2. The molecule has 0 aliphatic rings. The van der Waals surface area contributed by atoms with E-state index in [1.807, 2.05) is 36.4 Å². The van der Waals surface area contributed by atoms with E-state index in [2.05, 4.69) is 25.6 Å². The highest BCUT2D eigenvalue weighted by atomic mass is 19.1. The summed E-state index contributed by atoms with van der Waals surface area (Å²) in [7, 11) is 0. The lowest BCUT2D eigenvalue weighted by Crippen LogP contribution is -2.08. The Morgan fingerprint density at radius 3 is 2.67 bits per heavy atom. The molecule has 0 fully saturated rings. The van der Waals surface area contributed by atoms with Gasteiger partial charge in [-0.1, -0.05) is 36.4 Å². The number of pyridine rings is 1. The highest BCUT2D eigenvalue weighted by Crippen LogP contribution is 2.23. The molecule has 27 heavy (non-hydrogen) atoms. The van der Waals surface area contributed by atoms with Crippen LogP contribution in [0.2, 0.25) is 0 Å². The topological polar surface area (TPSA) is 62.7 Å². The molecule has 4 rings (SSSR count). The first-order valence-corrected chi connectivity index (χ1v) is 8.71. The number of hydrogen-bond acceptors (Lipinski definition) is 5. The normalized spacial score (nSPS) is 10.7. The van der Waals surface area contributed by atoms with Crippen LogP contribution < -0.4 is 10.6 Å². The van der Waals surface area contributed by atoms with Crippen molar-refractivity contribution in [3.8, 4) is 0 Å². The van der Waals surface area contributed by atoms with Gasteiger partial charge in [0.25, 0.3) is 0 Å². The molecule has 2 heterocycles. The van der Waals surface area contributed by atoms with Gasteiger partial charge in [0, 0.05) is 24.3 Å². The fraction of sp³-hybridized carbons (Fsp3) is 0.0952. The van der Waals surface area contributed by atoms with Crippen LogP contribution in [0.4, 0.5) is 21.8 Å². The van der Waals surface area contributed by atoms with Crippen LogP contribution in [0.3, 0.4) is 0 Å². The van der Waals surface area contributed by atoms with Crippen LogP contribution in [-0.2, 0) is 6.42 Å².